The zero-order chi connectivity index (χ0) is 2.00. The second-order valence-electron chi connectivity index (χ2n) is 0. The first-order chi connectivity index (χ1) is 1.00. The van der Waals surface area contributed by atoms with Crippen molar-refractivity contribution in [2.75, 3.05) is 0 Å². The van der Waals surface area contributed by atoms with Crippen LogP contribution >= 0.6 is 0 Å². The number of nitrogens with one attached hydrogen (secondary N) is 1. The standard InChI is InChI=1S/2FH.HNS.2Na/c;;1-2;;/h2*1H;1H;;/q;;;2*+1/p-2. The van der Waals surface area contributed by atoms with Gasteiger partial charge in [-0.25, -0.2) is 4.78 Å². The third-order valence-corrected chi connectivity index (χ3v) is 0. The summed E-state index contributed by atoms with van der Waals surface area (Å²) in [4.78, 5) is 0. The molecule has 0 aromatic carbocycles. The molecule has 0 unspecified atom stereocenters. The van der Waals surface area contributed by atoms with Crippen LogP contribution in [0.1, 0.15) is 0 Å². The van der Waals surface area contributed by atoms with Gasteiger partial charge in [-0.1, -0.05) is 0 Å². The number of halogens is 2. The zero-order valence-corrected chi connectivity index (χ0v) is 8.48. The topological polar surface area (TPSA) is 23.9 Å². The third-order valence-electron chi connectivity index (χ3n) is 0. The van der Waals surface area contributed by atoms with Crippen molar-refractivity contribution >= 4 is 12.4 Å². The minimum atomic E-state index is 0. The van der Waals surface area contributed by atoms with Crippen LogP contribution in [0.2, 0.25) is 0 Å². The molecule has 0 aliphatic carbocycles. The van der Waals surface area contributed by atoms with Crippen molar-refractivity contribution in [1.82, 2.24) is 0 Å². The molecular formula is HF2NNa2S. The van der Waals surface area contributed by atoms with E-state index < -0.39 is 0 Å². The van der Waals surface area contributed by atoms with Gasteiger partial charge in [-0.15, -0.1) is 0 Å². The predicted octanol–water partition coefficient (Wildman–Crippen LogP) is -11.7. The van der Waals surface area contributed by atoms with Gasteiger partial charge in [-0.05, 0) is 0 Å². The molecule has 1 nitrogen and oxygen atoms in total. The minimum absolute atomic E-state index is 0. The molecule has 0 heterocycles. The van der Waals surface area contributed by atoms with Crippen LogP contribution in [0.5, 0.6) is 0 Å². The fourth-order valence-corrected chi connectivity index (χ4v) is 0. The maximum atomic E-state index is 5.33. The van der Waals surface area contributed by atoms with E-state index in [1.54, 1.807) is 0 Å². The van der Waals surface area contributed by atoms with Crippen molar-refractivity contribution in [3.63, 3.8) is 0 Å². The Balaban J connectivity index is -0.000000000833. The Hall–Kier alpha value is 1.88. The van der Waals surface area contributed by atoms with E-state index in [0.717, 1.165) is 0 Å². The molecule has 0 radical (unpaired) electrons. The minimum Gasteiger partial charge on any atom is -1.00 e. The van der Waals surface area contributed by atoms with E-state index in [1.807, 2.05) is 0 Å². The van der Waals surface area contributed by atoms with Gasteiger partial charge in [-0.2, -0.15) is 0 Å². The molecule has 0 aromatic heterocycles. The summed E-state index contributed by atoms with van der Waals surface area (Å²) < 4.78 is 5.33. The van der Waals surface area contributed by atoms with Gasteiger partial charge in [0.05, 0.1) is 0 Å². The molecule has 0 bridgehead atoms. The third kappa shape index (κ3) is 39.6. The van der Waals surface area contributed by atoms with Crippen LogP contribution < -0.4 is 68.5 Å². The second-order valence-corrected chi connectivity index (χ2v) is 0. The summed E-state index contributed by atoms with van der Waals surface area (Å²) in [6.45, 7) is 0. The summed E-state index contributed by atoms with van der Waals surface area (Å²) in [5.74, 6) is 0. The Morgan fingerprint density at radius 2 is 0.833 bits per heavy atom. The molecule has 0 rings (SSSR count). The number of hydrogen-bond donors (Lipinski definition) is 1. The van der Waals surface area contributed by atoms with Crippen molar-refractivity contribution in [2.45, 2.75) is 0 Å². The van der Waals surface area contributed by atoms with E-state index in [-0.39, 0.29) is 68.5 Å². The van der Waals surface area contributed by atoms with Gasteiger partial charge in [0.1, 0.15) is 0 Å². The summed E-state index contributed by atoms with van der Waals surface area (Å²) in [6.07, 6.45) is 0. The molecule has 0 amide bonds. The van der Waals surface area contributed by atoms with E-state index in [0.29, 0.717) is 0 Å². The van der Waals surface area contributed by atoms with Crippen LogP contribution in [-0.2, 0) is 12.4 Å². The van der Waals surface area contributed by atoms with Crippen LogP contribution in [0.15, 0.2) is 0 Å². The van der Waals surface area contributed by atoms with Gasteiger partial charge >= 0.3 is 59.1 Å². The Kier molecular flexibility index (Phi) is 504. The summed E-state index contributed by atoms with van der Waals surface area (Å²) in [7, 11) is 0. The summed E-state index contributed by atoms with van der Waals surface area (Å²) in [5.41, 5.74) is 0. The fraction of sp³-hybridized carbons (Fsp3) is 0. The summed E-state index contributed by atoms with van der Waals surface area (Å²) in [5, 5.41) is 0. The van der Waals surface area contributed by atoms with Crippen molar-refractivity contribution in [1.29, 1.82) is 4.78 Å². The fourth-order valence-electron chi connectivity index (χ4n) is 0. The molecule has 6 heteroatoms. The molecular weight excluding hydrogens is 130 g/mol. The van der Waals surface area contributed by atoms with E-state index in [4.69, 9.17) is 4.78 Å². The molecule has 0 fully saturated rings. The Bertz CT molecular complexity index is 11.5. The van der Waals surface area contributed by atoms with E-state index in [2.05, 4.69) is 12.4 Å². The van der Waals surface area contributed by atoms with E-state index in [1.165, 1.54) is 0 Å². The van der Waals surface area contributed by atoms with Gasteiger partial charge in [0.15, 0.2) is 0 Å². The predicted molar refractivity (Wildman–Crippen MR) is 10.1 cm³/mol. The van der Waals surface area contributed by atoms with Gasteiger partial charge in [0.2, 0.25) is 0 Å². The van der Waals surface area contributed by atoms with Crippen LogP contribution in [-0.4, -0.2) is 0 Å². The van der Waals surface area contributed by atoms with Crippen molar-refractivity contribution in [3.05, 3.63) is 0 Å². The number of rotatable bonds is 0. The Labute approximate surface area is 84.5 Å². The van der Waals surface area contributed by atoms with Crippen molar-refractivity contribution in [2.24, 2.45) is 0 Å². The maximum Gasteiger partial charge on any atom is 1.00 e. The molecule has 0 atom stereocenters. The Morgan fingerprint density at radius 3 is 0.833 bits per heavy atom. The van der Waals surface area contributed by atoms with E-state index in [9.17, 15) is 0 Å². The van der Waals surface area contributed by atoms with Gasteiger partial charge in [0, 0.05) is 12.4 Å². The molecule has 28 valence electrons. The quantitative estimate of drug-likeness (QED) is 0.324. The maximum absolute atomic E-state index is 5.33. The molecule has 0 saturated heterocycles. The van der Waals surface area contributed by atoms with Crippen LogP contribution in [0, 0.1) is 4.78 Å². The molecule has 0 saturated carbocycles. The molecule has 0 aliphatic heterocycles. The van der Waals surface area contributed by atoms with Gasteiger partial charge in [0.25, 0.3) is 0 Å². The average molecular weight is 131 g/mol. The number of hydrogen-bond acceptors (Lipinski definition) is 2. The van der Waals surface area contributed by atoms with Crippen LogP contribution in [0.3, 0.4) is 0 Å². The Morgan fingerprint density at radius 1 is 0.833 bits per heavy atom. The smallest absolute Gasteiger partial charge is 1.00 e. The van der Waals surface area contributed by atoms with Crippen LogP contribution in [0.25, 0.3) is 0 Å². The van der Waals surface area contributed by atoms with Gasteiger partial charge in [-0.3, -0.25) is 0 Å². The van der Waals surface area contributed by atoms with Gasteiger partial charge < -0.3 is 9.41 Å². The first-order valence-corrected chi connectivity index (χ1v) is 0.612. The second kappa shape index (κ2) is 67.3. The van der Waals surface area contributed by atoms with Crippen LogP contribution in [0.4, 0.5) is 0 Å². The monoisotopic (exact) mass is 131 g/mol. The van der Waals surface area contributed by atoms with E-state index >= 15 is 0 Å². The van der Waals surface area contributed by atoms with Crippen molar-refractivity contribution < 1.29 is 68.5 Å². The molecule has 0 spiro atoms. The SMILES string of the molecule is N=S.[F-].[F-].[Na+].[Na+]. The summed E-state index contributed by atoms with van der Waals surface area (Å²) in [6, 6.07) is 0. The molecule has 1 N–H and O–H groups in total. The zero-order valence-electron chi connectivity index (χ0n) is 3.66. The summed E-state index contributed by atoms with van der Waals surface area (Å²) >= 11 is 3.33. The molecule has 6 heavy (non-hydrogen) atoms. The first-order valence-electron chi connectivity index (χ1n) is 0.204. The largest absolute Gasteiger partial charge is 1.00 e. The normalized spacial score (nSPS) is 0.667. The average Bonchev–Trinajstić information content (AvgIpc) is 1.00. The first kappa shape index (κ1) is 45.0. The molecule has 0 aromatic rings. The van der Waals surface area contributed by atoms with Crippen molar-refractivity contribution in [3.8, 4) is 0 Å². The molecule has 0 aliphatic rings.